The molecule has 0 aliphatic carbocycles. The van der Waals surface area contributed by atoms with E-state index in [1.165, 1.54) is 17.7 Å². The van der Waals surface area contributed by atoms with E-state index in [1.54, 1.807) is 0 Å². The second kappa shape index (κ2) is 7.42. The van der Waals surface area contributed by atoms with Crippen molar-refractivity contribution in [3.05, 3.63) is 29.8 Å². The third kappa shape index (κ3) is 3.49. The topological polar surface area (TPSA) is 15.3 Å². The van der Waals surface area contributed by atoms with Gasteiger partial charge in [-0.3, -0.25) is 0 Å². The minimum atomic E-state index is 0.407. The van der Waals surface area contributed by atoms with Gasteiger partial charge < -0.3 is 10.2 Å². The molecular weight excluding hydrogens is 220 g/mol. The molecule has 0 spiro atoms. The second-order valence-electron chi connectivity index (χ2n) is 4.88. The summed E-state index contributed by atoms with van der Waals surface area (Å²) < 4.78 is 0. The monoisotopic (exact) mass is 248 g/mol. The summed E-state index contributed by atoms with van der Waals surface area (Å²) in [6.45, 7) is 13.3. The molecule has 0 saturated carbocycles. The van der Waals surface area contributed by atoms with E-state index in [1.807, 2.05) is 0 Å². The van der Waals surface area contributed by atoms with Gasteiger partial charge in [0, 0.05) is 24.3 Å². The summed E-state index contributed by atoms with van der Waals surface area (Å²) in [5, 5.41) is 3.51. The molecule has 2 unspecified atom stereocenters. The van der Waals surface area contributed by atoms with Crippen LogP contribution in [-0.2, 0) is 0 Å². The largest absolute Gasteiger partial charge is 0.369 e. The van der Waals surface area contributed by atoms with Crippen molar-refractivity contribution in [1.29, 1.82) is 0 Å². The molecule has 0 fully saturated rings. The van der Waals surface area contributed by atoms with Crippen LogP contribution in [0.15, 0.2) is 24.3 Å². The predicted octanol–water partition coefficient (Wildman–Crippen LogP) is 3.98. The van der Waals surface area contributed by atoms with Gasteiger partial charge in [-0.05, 0) is 45.4 Å². The zero-order valence-electron chi connectivity index (χ0n) is 12.5. The quantitative estimate of drug-likeness (QED) is 0.785. The molecule has 0 bridgehead atoms. The van der Waals surface area contributed by atoms with Gasteiger partial charge in [0.25, 0.3) is 0 Å². The highest BCUT2D eigenvalue weighted by molar-refractivity contribution is 5.55. The molecule has 0 heterocycles. The van der Waals surface area contributed by atoms with Crippen LogP contribution in [0.1, 0.15) is 52.6 Å². The molecule has 18 heavy (non-hydrogen) atoms. The van der Waals surface area contributed by atoms with Gasteiger partial charge in [-0.2, -0.15) is 0 Å². The second-order valence-corrected chi connectivity index (χ2v) is 4.88. The van der Waals surface area contributed by atoms with Crippen molar-refractivity contribution in [2.75, 3.05) is 18.0 Å². The molecule has 0 radical (unpaired) electrons. The van der Waals surface area contributed by atoms with Crippen molar-refractivity contribution < 1.29 is 0 Å². The number of nitrogens with zero attached hydrogens (tertiary/aromatic N) is 1. The minimum Gasteiger partial charge on any atom is -0.369 e. The Balaban J connectivity index is 3.06. The Bertz CT molecular complexity index is 349. The first-order valence-electron chi connectivity index (χ1n) is 7.24. The molecule has 102 valence electrons. The Morgan fingerprint density at radius 1 is 1.11 bits per heavy atom. The molecule has 2 heteroatoms. The molecule has 1 aromatic carbocycles. The standard InChI is InChI=1S/C16H28N2/c1-6-13(4)18(8-3)16-12-10-9-11-15(16)14(5)17-7-2/h9-14,17H,6-8H2,1-5H3. The highest BCUT2D eigenvalue weighted by atomic mass is 15.2. The van der Waals surface area contributed by atoms with Gasteiger partial charge in [0.05, 0.1) is 0 Å². The minimum absolute atomic E-state index is 0.407. The van der Waals surface area contributed by atoms with Crippen molar-refractivity contribution >= 4 is 5.69 Å². The van der Waals surface area contributed by atoms with E-state index in [0.29, 0.717) is 12.1 Å². The lowest BCUT2D eigenvalue weighted by Gasteiger charge is -2.32. The van der Waals surface area contributed by atoms with Crippen LogP contribution in [0.2, 0.25) is 0 Å². The zero-order valence-corrected chi connectivity index (χ0v) is 12.5. The molecule has 1 rings (SSSR count). The Morgan fingerprint density at radius 2 is 1.78 bits per heavy atom. The Labute approximate surface area is 112 Å². The van der Waals surface area contributed by atoms with Crippen molar-refractivity contribution in [3.63, 3.8) is 0 Å². The van der Waals surface area contributed by atoms with E-state index >= 15 is 0 Å². The van der Waals surface area contributed by atoms with Crippen LogP contribution in [0.5, 0.6) is 0 Å². The fourth-order valence-electron chi connectivity index (χ4n) is 2.47. The van der Waals surface area contributed by atoms with E-state index in [2.05, 4.69) is 69.1 Å². The summed E-state index contributed by atoms with van der Waals surface area (Å²) in [7, 11) is 0. The first-order valence-corrected chi connectivity index (χ1v) is 7.24. The SMILES string of the molecule is CCNC(C)c1ccccc1N(CC)C(C)CC. The lowest BCUT2D eigenvalue weighted by atomic mass is 10.0. The summed E-state index contributed by atoms with van der Waals surface area (Å²) >= 11 is 0. The van der Waals surface area contributed by atoms with Gasteiger partial charge in [0.1, 0.15) is 0 Å². The summed E-state index contributed by atoms with van der Waals surface area (Å²) in [5.74, 6) is 0. The number of para-hydroxylation sites is 1. The lowest BCUT2D eigenvalue weighted by Crippen LogP contribution is -2.34. The van der Waals surface area contributed by atoms with Crippen LogP contribution >= 0.6 is 0 Å². The molecule has 0 saturated heterocycles. The maximum atomic E-state index is 3.51. The molecule has 2 nitrogen and oxygen atoms in total. The van der Waals surface area contributed by atoms with Crippen LogP contribution in [0.25, 0.3) is 0 Å². The van der Waals surface area contributed by atoms with Crippen molar-refractivity contribution in [1.82, 2.24) is 5.32 Å². The van der Waals surface area contributed by atoms with Crippen molar-refractivity contribution in [2.24, 2.45) is 0 Å². The molecular formula is C16H28N2. The number of anilines is 1. The molecule has 2 atom stereocenters. The predicted molar refractivity (Wildman–Crippen MR) is 81.3 cm³/mol. The number of hydrogen-bond acceptors (Lipinski definition) is 2. The first-order chi connectivity index (χ1) is 8.65. The summed E-state index contributed by atoms with van der Waals surface area (Å²) in [5.41, 5.74) is 2.78. The maximum Gasteiger partial charge on any atom is 0.0416 e. The number of hydrogen-bond donors (Lipinski definition) is 1. The fourth-order valence-corrected chi connectivity index (χ4v) is 2.47. The average molecular weight is 248 g/mol. The number of rotatable bonds is 7. The Hall–Kier alpha value is -1.02. The number of benzene rings is 1. The van der Waals surface area contributed by atoms with Gasteiger partial charge in [0.2, 0.25) is 0 Å². The summed E-state index contributed by atoms with van der Waals surface area (Å²) in [6, 6.07) is 9.76. The normalized spacial score (nSPS) is 14.3. The fraction of sp³-hybridized carbons (Fsp3) is 0.625. The maximum absolute atomic E-state index is 3.51. The van der Waals surface area contributed by atoms with Crippen LogP contribution < -0.4 is 10.2 Å². The van der Waals surface area contributed by atoms with E-state index in [4.69, 9.17) is 0 Å². The first kappa shape index (κ1) is 15.0. The van der Waals surface area contributed by atoms with Crippen LogP contribution in [0.4, 0.5) is 5.69 Å². The van der Waals surface area contributed by atoms with E-state index < -0.39 is 0 Å². The van der Waals surface area contributed by atoms with Crippen molar-refractivity contribution in [3.8, 4) is 0 Å². The van der Waals surface area contributed by atoms with Crippen LogP contribution in [0, 0.1) is 0 Å². The highest BCUT2D eigenvalue weighted by Gasteiger charge is 2.16. The zero-order chi connectivity index (χ0) is 13.5. The molecule has 1 N–H and O–H groups in total. The number of nitrogens with one attached hydrogen (secondary N) is 1. The van der Waals surface area contributed by atoms with Gasteiger partial charge in [-0.1, -0.05) is 32.0 Å². The highest BCUT2D eigenvalue weighted by Crippen LogP contribution is 2.28. The van der Waals surface area contributed by atoms with E-state index in [9.17, 15) is 0 Å². The third-order valence-corrected chi connectivity index (χ3v) is 3.69. The van der Waals surface area contributed by atoms with Gasteiger partial charge >= 0.3 is 0 Å². The van der Waals surface area contributed by atoms with Crippen LogP contribution in [-0.4, -0.2) is 19.1 Å². The third-order valence-electron chi connectivity index (χ3n) is 3.69. The van der Waals surface area contributed by atoms with E-state index in [0.717, 1.165) is 13.1 Å². The summed E-state index contributed by atoms with van der Waals surface area (Å²) in [4.78, 5) is 2.50. The molecule has 0 aromatic heterocycles. The van der Waals surface area contributed by atoms with Gasteiger partial charge in [-0.25, -0.2) is 0 Å². The van der Waals surface area contributed by atoms with Crippen LogP contribution in [0.3, 0.4) is 0 Å². The molecule has 1 aromatic rings. The van der Waals surface area contributed by atoms with Gasteiger partial charge in [0.15, 0.2) is 0 Å². The molecule has 0 amide bonds. The lowest BCUT2D eigenvalue weighted by molar-refractivity contribution is 0.583. The Morgan fingerprint density at radius 3 is 2.33 bits per heavy atom. The van der Waals surface area contributed by atoms with E-state index in [-0.39, 0.29) is 0 Å². The average Bonchev–Trinajstić information content (AvgIpc) is 2.40. The molecule has 0 aliphatic heterocycles. The van der Waals surface area contributed by atoms with Crippen molar-refractivity contribution in [2.45, 2.75) is 53.1 Å². The Kier molecular flexibility index (Phi) is 6.20. The summed E-state index contributed by atoms with van der Waals surface area (Å²) in [6.07, 6.45) is 1.18. The van der Waals surface area contributed by atoms with Gasteiger partial charge in [-0.15, -0.1) is 0 Å². The smallest absolute Gasteiger partial charge is 0.0416 e. The molecule has 0 aliphatic rings.